The minimum absolute atomic E-state index is 0.158. The molecule has 0 aliphatic heterocycles. The van der Waals surface area contributed by atoms with E-state index in [2.05, 4.69) is 61.4 Å². The van der Waals surface area contributed by atoms with Gasteiger partial charge in [0.2, 0.25) is 5.13 Å². The van der Waals surface area contributed by atoms with Crippen LogP contribution in [-0.4, -0.2) is 16.1 Å². The van der Waals surface area contributed by atoms with Gasteiger partial charge in [-0.15, -0.1) is 10.2 Å². The van der Waals surface area contributed by atoms with E-state index in [-0.39, 0.29) is 16.7 Å². The molecule has 1 saturated carbocycles. The number of nitrogens with zero attached hydrogens (tertiary/aromatic N) is 2. The molecule has 2 aromatic carbocycles. The molecule has 1 fully saturated rings. The Bertz CT molecular complexity index is 1250. The normalized spacial score (nSPS) is 25.7. The average molecular weight is 508 g/mol. The number of anilines is 1. The molecule has 3 atom stereocenters. The number of aromatic nitrogens is 2. The van der Waals surface area contributed by atoms with Crippen LogP contribution in [0.2, 0.25) is 5.02 Å². The number of fused-ring (bicyclic) bond motifs is 3. The molecule has 1 heterocycles. The summed E-state index contributed by atoms with van der Waals surface area (Å²) in [5, 5.41) is 13.6. The van der Waals surface area contributed by atoms with Crippen LogP contribution in [-0.2, 0) is 18.3 Å². The summed E-state index contributed by atoms with van der Waals surface area (Å²) in [4.78, 5) is 12.7. The maximum atomic E-state index is 12.7. The molecule has 2 aliphatic rings. The summed E-state index contributed by atoms with van der Waals surface area (Å²) in [5.74, 6) is 0.915. The lowest BCUT2D eigenvalue weighted by atomic mass is 9.49. The number of aryl methyl sites for hydroxylation is 1. The molecule has 0 bridgehead atoms. The van der Waals surface area contributed by atoms with Crippen molar-refractivity contribution in [3.05, 3.63) is 74.7 Å². The molecular formula is C29H34ClN3OS. The van der Waals surface area contributed by atoms with Crippen LogP contribution in [0, 0.1) is 11.3 Å². The predicted octanol–water partition coefficient (Wildman–Crippen LogP) is 7.82. The molecule has 0 spiro atoms. The van der Waals surface area contributed by atoms with E-state index in [1.165, 1.54) is 42.6 Å². The van der Waals surface area contributed by atoms with Gasteiger partial charge in [-0.25, -0.2) is 0 Å². The molecule has 4 nitrogen and oxygen atoms in total. The molecule has 184 valence electrons. The van der Waals surface area contributed by atoms with Gasteiger partial charge in [-0.3, -0.25) is 10.1 Å². The first kappa shape index (κ1) is 24.5. The Labute approximate surface area is 217 Å². The zero-order valence-electron chi connectivity index (χ0n) is 21.0. The first-order chi connectivity index (χ1) is 16.7. The number of carbonyl (C=O) groups is 1. The Kier molecular flexibility index (Phi) is 6.52. The quantitative estimate of drug-likeness (QED) is 0.383. The van der Waals surface area contributed by atoms with Crippen molar-refractivity contribution in [1.29, 1.82) is 0 Å². The molecule has 1 N–H and O–H groups in total. The van der Waals surface area contributed by atoms with Gasteiger partial charge in [0.1, 0.15) is 5.01 Å². The molecule has 0 saturated heterocycles. The second kappa shape index (κ2) is 9.33. The molecule has 0 radical (unpaired) electrons. The Morgan fingerprint density at radius 2 is 1.97 bits per heavy atom. The Morgan fingerprint density at radius 3 is 2.74 bits per heavy atom. The number of amides is 1. The summed E-state index contributed by atoms with van der Waals surface area (Å²) in [6, 6.07) is 14.3. The molecule has 0 unspecified atom stereocenters. The van der Waals surface area contributed by atoms with E-state index in [0.717, 1.165) is 17.8 Å². The van der Waals surface area contributed by atoms with Crippen LogP contribution in [0.4, 0.5) is 5.13 Å². The minimum Gasteiger partial charge on any atom is -0.296 e. The molecule has 5 rings (SSSR count). The van der Waals surface area contributed by atoms with Crippen molar-refractivity contribution in [2.24, 2.45) is 11.3 Å². The molecule has 6 heteroatoms. The Hall–Kier alpha value is -2.24. The third kappa shape index (κ3) is 4.53. The van der Waals surface area contributed by atoms with Crippen LogP contribution in [0.3, 0.4) is 0 Å². The number of halogens is 1. The topological polar surface area (TPSA) is 54.9 Å². The van der Waals surface area contributed by atoms with Gasteiger partial charge >= 0.3 is 0 Å². The summed E-state index contributed by atoms with van der Waals surface area (Å²) < 4.78 is 0. The maximum absolute atomic E-state index is 12.7. The van der Waals surface area contributed by atoms with Crippen LogP contribution >= 0.6 is 22.9 Å². The third-order valence-electron chi connectivity index (χ3n) is 8.53. The summed E-state index contributed by atoms with van der Waals surface area (Å²) >= 11 is 7.67. The second-order valence-corrected chi connectivity index (χ2v) is 12.7. The molecular weight excluding hydrogens is 474 g/mol. The van der Waals surface area contributed by atoms with Crippen molar-refractivity contribution in [1.82, 2.24) is 10.2 Å². The number of benzene rings is 2. The van der Waals surface area contributed by atoms with Gasteiger partial charge < -0.3 is 0 Å². The fourth-order valence-electron chi connectivity index (χ4n) is 6.75. The summed E-state index contributed by atoms with van der Waals surface area (Å²) in [6.45, 7) is 9.50. The predicted molar refractivity (Wildman–Crippen MR) is 145 cm³/mol. The Morgan fingerprint density at radius 1 is 1.17 bits per heavy atom. The lowest BCUT2D eigenvalue weighted by molar-refractivity contribution is 0.0257. The first-order valence-corrected chi connectivity index (χ1v) is 13.9. The van der Waals surface area contributed by atoms with Crippen molar-refractivity contribution in [3.63, 3.8) is 0 Å². The van der Waals surface area contributed by atoms with Crippen molar-refractivity contribution in [3.8, 4) is 0 Å². The maximum Gasteiger partial charge on any atom is 0.259 e. The van der Waals surface area contributed by atoms with Crippen LogP contribution in [0.5, 0.6) is 0 Å². The van der Waals surface area contributed by atoms with Gasteiger partial charge in [-0.1, -0.05) is 87.4 Å². The zero-order valence-corrected chi connectivity index (χ0v) is 22.6. The van der Waals surface area contributed by atoms with E-state index in [0.29, 0.717) is 27.6 Å². The number of carbonyl (C=O) groups excluding carboxylic acids is 1. The smallest absolute Gasteiger partial charge is 0.259 e. The van der Waals surface area contributed by atoms with Gasteiger partial charge in [-0.05, 0) is 77.2 Å². The zero-order chi connectivity index (χ0) is 24.8. The van der Waals surface area contributed by atoms with Crippen molar-refractivity contribution >= 4 is 34.0 Å². The van der Waals surface area contributed by atoms with Crippen LogP contribution < -0.4 is 5.32 Å². The van der Waals surface area contributed by atoms with E-state index in [1.807, 2.05) is 6.07 Å². The molecule has 1 amide bonds. The third-order valence-corrected chi connectivity index (χ3v) is 9.70. The number of hydrogen-bond donors (Lipinski definition) is 1. The molecule has 1 aromatic heterocycles. The summed E-state index contributed by atoms with van der Waals surface area (Å²) in [5.41, 5.74) is 5.37. The summed E-state index contributed by atoms with van der Waals surface area (Å²) in [7, 11) is 0. The highest BCUT2D eigenvalue weighted by atomic mass is 35.5. The van der Waals surface area contributed by atoms with Crippen LogP contribution in [0.1, 0.15) is 91.4 Å². The van der Waals surface area contributed by atoms with Crippen molar-refractivity contribution in [2.75, 3.05) is 5.32 Å². The average Bonchev–Trinajstić information content (AvgIpc) is 3.24. The number of rotatable bonds is 5. The SMILES string of the molecule is CC(C)c1ccc2c(c1)CC[C@H]1[C@@](C)(Cc3nnc(NC(=O)c4ccccc4Cl)s3)CCC[C@]21C. The van der Waals surface area contributed by atoms with E-state index >= 15 is 0 Å². The van der Waals surface area contributed by atoms with Crippen molar-refractivity contribution < 1.29 is 4.79 Å². The highest BCUT2D eigenvalue weighted by Gasteiger charge is 2.51. The summed E-state index contributed by atoms with van der Waals surface area (Å²) in [6.07, 6.45) is 6.94. The minimum atomic E-state index is -0.251. The van der Waals surface area contributed by atoms with Gasteiger partial charge in [0.05, 0.1) is 10.6 Å². The highest BCUT2D eigenvalue weighted by Crippen LogP contribution is 2.58. The number of nitrogens with one attached hydrogen (secondary N) is 1. The van der Waals surface area contributed by atoms with Gasteiger partial charge in [0.15, 0.2) is 0 Å². The first-order valence-electron chi connectivity index (χ1n) is 12.7. The van der Waals surface area contributed by atoms with Gasteiger partial charge in [0.25, 0.3) is 5.91 Å². The van der Waals surface area contributed by atoms with Crippen LogP contribution in [0.25, 0.3) is 0 Å². The van der Waals surface area contributed by atoms with E-state index in [9.17, 15) is 4.79 Å². The van der Waals surface area contributed by atoms with E-state index < -0.39 is 0 Å². The van der Waals surface area contributed by atoms with E-state index in [1.54, 1.807) is 29.3 Å². The molecule has 2 aliphatic carbocycles. The van der Waals surface area contributed by atoms with Crippen LogP contribution in [0.15, 0.2) is 42.5 Å². The lowest BCUT2D eigenvalue weighted by Gasteiger charge is -2.55. The van der Waals surface area contributed by atoms with Gasteiger partial charge in [0, 0.05) is 6.42 Å². The second-order valence-electron chi connectivity index (χ2n) is 11.2. The van der Waals surface area contributed by atoms with Crippen molar-refractivity contribution in [2.45, 2.75) is 77.6 Å². The Balaban J connectivity index is 1.35. The van der Waals surface area contributed by atoms with Gasteiger partial charge in [-0.2, -0.15) is 0 Å². The highest BCUT2D eigenvalue weighted by molar-refractivity contribution is 7.15. The molecule has 35 heavy (non-hydrogen) atoms. The molecule has 3 aromatic rings. The standard InChI is InChI=1S/C29H34ClN3OS/c1-18(2)19-10-12-22-20(16-19)11-13-24-28(3,14-7-15-29(22,24)4)17-25-32-33-27(35-25)31-26(34)21-8-5-6-9-23(21)30/h5-6,8-10,12,16,18,24H,7,11,13-15,17H2,1-4H3,(H,31,33,34)/t24-,28+,29+/m0/s1. The monoisotopic (exact) mass is 507 g/mol. The van der Waals surface area contributed by atoms with E-state index in [4.69, 9.17) is 11.6 Å². The fourth-order valence-corrected chi connectivity index (χ4v) is 7.90. The number of hydrogen-bond acceptors (Lipinski definition) is 4. The lowest BCUT2D eigenvalue weighted by Crippen LogP contribution is -2.50. The largest absolute Gasteiger partial charge is 0.296 e. The fraction of sp³-hybridized carbons (Fsp3) is 0.483.